The SMILES string of the molecule is Nc1nc(C(F)(F)F)cnc1C=O. The van der Waals surface area contributed by atoms with Crippen molar-refractivity contribution in [2.75, 3.05) is 5.73 Å². The number of hydrogen-bond donors (Lipinski definition) is 1. The highest BCUT2D eigenvalue weighted by molar-refractivity contribution is 5.78. The van der Waals surface area contributed by atoms with Crippen LogP contribution in [0.2, 0.25) is 0 Å². The minimum Gasteiger partial charge on any atom is -0.382 e. The highest BCUT2D eigenvalue weighted by atomic mass is 19.4. The number of nitrogens with two attached hydrogens (primary N) is 1. The van der Waals surface area contributed by atoms with Crippen molar-refractivity contribution < 1.29 is 18.0 Å². The Morgan fingerprint density at radius 2 is 2.08 bits per heavy atom. The molecule has 0 saturated heterocycles. The lowest BCUT2D eigenvalue weighted by Gasteiger charge is -2.05. The van der Waals surface area contributed by atoms with Crippen molar-refractivity contribution in [3.05, 3.63) is 17.6 Å². The van der Waals surface area contributed by atoms with Gasteiger partial charge in [0.05, 0.1) is 6.20 Å². The Hall–Kier alpha value is -1.66. The quantitative estimate of drug-likeness (QED) is 0.669. The lowest BCUT2D eigenvalue weighted by Crippen LogP contribution is -2.12. The van der Waals surface area contributed by atoms with E-state index in [4.69, 9.17) is 5.73 Å². The number of hydrogen-bond acceptors (Lipinski definition) is 4. The van der Waals surface area contributed by atoms with Gasteiger partial charge in [0.1, 0.15) is 5.69 Å². The van der Waals surface area contributed by atoms with Crippen LogP contribution in [0, 0.1) is 0 Å². The number of carbonyl (C=O) groups is 1. The molecule has 0 aromatic carbocycles. The zero-order valence-corrected chi connectivity index (χ0v) is 6.17. The van der Waals surface area contributed by atoms with E-state index < -0.39 is 17.7 Å². The molecule has 0 amide bonds. The van der Waals surface area contributed by atoms with Crippen LogP contribution in [0.3, 0.4) is 0 Å². The molecule has 0 aliphatic rings. The van der Waals surface area contributed by atoms with Crippen molar-refractivity contribution in [1.29, 1.82) is 0 Å². The molecule has 0 saturated carbocycles. The summed E-state index contributed by atoms with van der Waals surface area (Å²) in [5, 5.41) is 0. The fourth-order valence-corrected chi connectivity index (χ4v) is 0.640. The van der Waals surface area contributed by atoms with Gasteiger partial charge in [-0.2, -0.15) is 13.2 Å². The third kappa shape index (κ3) is 1.92. The molecule has 0 spiro atoms. The maximum absolute atomic E-state index is 12.0. The van der Waals surface area contributed by atoms with Crippen molar-refractivity contribution >= 4 is 12.1 Å². The van der Waals surface area contributed by atoms with Crippen LogP contribution in [0.1, 0.15) is 16.2 Å². The number of nitrogen functional groups attached to an aromatic ring is 1. The third-order valence-corrected chi connectivity index (χ3v) is 1.23. The van der Waals surface area contributed by atoms with E-state index in [0.29, 0.717) is 6.20 Å². The van der Waals surface area contributed by atoms with Crippen molar-refractivity contribution in [1.82, 2.24) is 9.97 Å². The number of anilines is 1. The molecule has 1 aromatic rings. The number of carbonyl (C=O) groups excluding carboxylic acids is 1. The molecule has 2 N–H and O–H groups in total. The molecule has 13 heavy (non-hydrogen) atoms. The minimum atomic E-state index is -4.59. The molecule has 1 aromatic heterocycles. The molecule has 1 rings (SSSR count). The molecule has 4 nitrogen and oxygen atoms in total. The maximum atomic E-state index is 12.0. The van der Waals surface area contributed by atoms with E-state index in [-0.39, 0.29) is 12.0 Å². The first-order valence-corrected chi connectivity index (χ1v) is 3.10. The average Bonchev–Trinajstić information content (AvgIpc) is 2.02. The second-order valence-corrected chi connectivity index (χ2v) is 2.14. The summed E-state index contributed by atoms with van der Waals surface area (Å²) < 4.78 is 35.9. The summed E-state index contributed by atoms with van der Waals surface area (Å²) in [5.41, 5.74) is 3.51. The largest absolute Gasteiger partial charge is 0.434 e. The zero-order chi connectivity index (χ0) is 10.1. The lowest BCUT2D eigenvalue weighted by molar-refractivity contribution is -0.141. The Balaban J connectivity index is 3.17. The average molecular weight is 191 g/mol. The molecule has 0 aliphatic carbocycles. The van der Waals surface area contributed by atoms with Gasteiger partial charge >= 0.3 is 6.18 Å². The second-order valence-electron chi connectivity index (χ2n) is 2.14. The summed E-state index contributed by atoms with van der Waals surface area (Å²) in [6, 6.07) is 0. The maximum Gasteiger partial charge on any atom is 0.434 e. The molecular weight excluding hydrogens is 187 g/mol. The first kappa shape index (κ1) is 9.43. The van der Waals surface area contributed by atoms with Gasteiger partial charge in [-0.25, -0.2) is 9.97 Å². The van der Waals surface area contributed by atoms with Gasteiger partial charge in [-0.15, -0.1) is 0 Å². The fourth-order valence-electron chi connectivity index (χ4n) is 0.640. The molecule has 1 heterocycles. The Labute approximate surface area is 70.6 Å². The molecule has 0 fully saturated rings. The monoisotopic (exact) mass is 191 g/mol. The number of halogens is 3. The van der Waals surface area contributed by atoms with Crippen molar-refractivity contribution in [2.45, 2.75) is 6.18 Å². The number of rotatable bonds is 1. The molecule has 0 unspecified atom stereocenters. The highest BCUT2D eigenvalue weighted by Gasteiger charge is 2.33. The number of aldehydes is 1. The zero-order valence-electron chi connectivity index (χ0n) is 6.17. The van der Waals surface area contributed by atoms with Crippen LogP contribution >= 0.6 is 0 Å². The fraction of sp³-hybridized carbons (Fsp3) is 0.167. The lowest BCUT2D eigenvalue weighted by atomic mass is 10.4. The van der Waals surface area contributed by atoms with Crippen molar-refractivity contribution in [2.24, 2.45) is 0 Å². The predicted octanol–water partition coefficient (Wildman–Crippen LogP) is 0.890. The Kier molecular flexibility index (Phi) is 2.18. The molecule has 0 aliphatic heterocycles. The van der Waals surface area contributed by atoms with Crippen LogP contribution in [0.5, 0.6) is 0 Å². The molecule has 70 valence electrons. The summed E-state index contributed by atoms with van der Waals surface area (Å²) in [5.74, 6) is -0.523. The van der Waals surface area contributed by atoms with E-state index in [2.05, 4.69) is 9.97 Å². The van der Waals surface area contributed by atoms with E-state index in [1.54, 1.807) is 0 Å². The molecule has 0 atom stereocenters. The Bertz CT molecular complexity index is 336. The van der Waals surface area contributed by atoms with Gasteiger partial charge in [0.15, 0.2) is 17.8 Å². The topological polar surface area (TPSA) is 68.9 Å². The number of alkyl halides is 3. The molecular formula is C6H4F3N3O. The first-order chi connectivity index (χ1) is 5.95. The van der Waals surface area contributed by atoms with Crippen molar-refractivity contribution in [3.63, 3.8) is 0 Å². The van der Waals surface area contributed by atoms with Crippen LogP contribution in [0.15, 0.2) is 6.20 Å². The second kappa shape index (κ2) is 3.00. The van der Waals surface area contributed by atoms with Crippen LogP contribution in [-0.2, 0) is 6.18 Å². The standard InChI is InChI=1S/C6H4F3N3O/c7-6(8,9)4-1-11-3(2-13)5(10)12-4/h1-2H,(H2,10,12). The Morgan fingerprint density at radius 1 is 1.46 bits per heavy atom. The third-order valence-electron chi connectivity index (χ3n) is 1.23. The van der Waals surface area contributed by atoms with Gasteiger partial charge in [0, 0.05) is 0 Å². The van der Waals surface area contributed by atoms with Crippen LogP contribution < -0.4 is 5.73 Å². The highest BCUT2D eigenvalue weighted by Crippen LogP contribution is 2.27. The summed E-state index contributed by atoms with van der Waals surface area (Å²) >= 11 is 0. The Morgan fingerprint density at radius 3 is 2.46 bits per heavy atom. The smallest absolute Gasteiger partial charge is 0.382 e. The van der Waals surface area contributed by atoms with E-state index in [9.17, 15) is 18.0 Å². The summed E-state index contributed by atoms with van der Waals surface area (Å²) in [7, 11) is 0. The van der Waals surface area contributed by atoms with E-state index in [1.807, 2.05) is 0 Å². The normalized spacial score (nSPS) is 11.3. The van der Waals surface area contributed by atoms with Gasteiger partial charge in [-0.3, -0.25) is 4.79 Å². The summed E-state index contributed by atoms with van der Waals surface area (Å²) in [4.78, 5) is 16.3. The van der Waals surface area contributed by atoms with Crippen LogP contribution in [0.4, 0.5) is 19.0 Å². The molecule has 7 heteroatoms. The van der Waals surface area contributed by atoms with E-state index >= 15 is 0 Å². The van der Waals surface area contributed by atoms with Crippen LogP contribution in [-0.4, -0.2) is 16.3 Å². The van der Waals surface area contributed by atoms with Gasteiger partial charge in [-0.05, 0) is 0 Å². The summed E-state index contributed by atoms with van der Waals surface area (Å²) in [6.07, 6.45) is -3.90. The van der Waals surface area contributed by atoms with Crippen LogP contribution in [0.25, 0.3) is 0 Å². The first-order valence-electron chi connectivity index (χ1n) is 3.10. The van der Waals surface area contributed by atoms with E-state index in [0.717, 1.165) is 0 Å². The predicted molar refractivity (Wildman–Crippen MR) is 36.8 cm³/mol. The number of nitrogens with zero attached hydrogens (tertiary/aromatic N) is 2. The van der Waals surface area contributed by atoms with Gasteiger partial charge in [0.2, 0.25) is 0 Å². The number of aromatic nitrogens is 2. The van der Waals surface area contributed by atoms with Crippen molar-refractivity contribution in [3.8, 4) is 0 Å². The van der Waals surface area contributed by atoms with Gasteiger partial charge in [0.25, 0.3) is 0 Å². The summed E-state index contributed by atoms with van der Waals surface area (Å²) in [6.45, 7) is 0. The molecule has 0 bridgehead atoms. The van der Waals surface area contributed by atoms with Gasteiger partial charge in [-0.1, -0.05) is 0 Å². The van der Waals surface area contributed by atoms with E-state index in [1.165, 1.54) is 0 Å². The minimum absolute atomic E-state index is 0.239. The van der Waals surface area contributed by atoms with Gasteiger partial charge < -0.3 is 5.73 Å². The molecule has 0 radical (unpaired) electrons.